The van der Waals surface area contributed by atoms with Crippen molar-refractivity contribution in [2.45, 2.75) is 13.0 Å². The van der Waals surface area contributed by atoms with Crippen LogP contribution in [0.5, 0.6) is 0 Å². The summed E-state index contributed by atoms with van der Waals surface area (Å²) in [6, 6.07) is 6.03. The first-order chi connectivity index (χ1) is 9.02. The fourth-order valence-corrected chi connectivity index (χ4v) is 2.11. The van der Waals surface area contributed by atoms with Crippen LogP contribution in [0.15, 0.2) is 35.5 Å². The van der Waals surface area contributed by atoms with Crippen LogP contribution in [0.1, 0.15) is 18.5 Å². The number of halogens is 1. The van der Waals surface area contributed by atoms with Crippen LogP contribution in [-0.4, -0.2) is 19.1 Å². The number of allylic oxidation sites excluding steroid dienone is 1. The normalized spacial score (nSPS) is 18.7. The Bertz CT molecular complexity index is 552. The van der Waals surface area contributed by atoms with Gasteiger partial charge in [-0.15, -0.1) is 0 Å². The topological polar surface area (TPSA) is 67.4 Å². The van der Waals surface area contributed by atoms with Crippen LogP contribution < -0.4 is 10.6 Å². The summed E-state index contributed by atoms with van der Waals surface area (Å²) in [5, 5.41) is 5.84. The van der Waals surface area contributed by atoms with E-state index in [0.717, 1.165) is 5.56 Å². The molecule has 100 valence electrons. The maximum Gasteiger partial charge on any atom is 0.337 e. The van der Waals surface area contributed by atoms with Gasteiger partial charge >= 0.3 is 12.0 Å². The third kappa shape index (κ3) is 2.71. The lowest BCUT2D eigenvalue weighted by Crippen LogP contribution is -2.45. The van der Waals surface area contributed by atoms with Crippen molar-refractivity contribution in [1.29, 1.82) is 0 Å². The minimum absolute atomic E-state index is 0.356. The standard InChI is InChI=1S/C13H13ClN2O3/c1-7-10(12(17)19-2)11(16-13(18)15-7)8-3-5-9(14)6-4-8/h3-6,11H,1-2H3,(H2,15,16,18)/t11-/m1/s1. The van der Waals surface area contributed by atoms with Crippen molar-refractivity contribution in [3.63, 3.8) is 0 Å². The Kier molecular flexibility index (Phi) is 3.76. The van der Waals surface area contributed by atoms with Crippen molar-refractivity contribution in [2.75, 3.05) is 7.11 Å². The van der Waals surface area contributed by atoms with Gasteiger partial charge in [-0.25, -0.2) is 9.59 Å². The number of rotatable bonds is 2. The van der Waals surface area contributed by atoms with Crippen LogP contribution in [0.2, 0.25) is 5.02 Å². The van der Waals surface area contributed by atoms with Gasteiger partial charge in [-0.3, -0.25) is 0 Å². The number of urea groups is 1. The molecule has 2 rings (SSSR count). The molecule has 0 unspecified atom stereocenters. The second kappa shape index (κ2) is 5.32. The van der Waals surface area contributed by atoms with Gasteiger partial charge < -0.3 is 15.4 Å². The zero-order valence-electron chi connectivity index (χ0n) is 10.5. The van der Waals surface area contributed by atoms with Crippen molar-refractivity contribution in [1.82, 2.24) is 10.6 Å². The van der Waals surface area contributed by atoms with Gasteiger partial charge in [-0.1, -0.05) is 23.7 Å². The summed E-state index contributed by atoms with van der Waals surface area (Å²) >= 11 is 5.83. The van der Waals surface area contributed by atoms with Gasteiger partial charge in [-0.2, -0.15) is 0 Å². The first-order valence-electron chi connectivity index (χ1n) is 5.65. The third-order valence-electron chi connectivity index (χ3n) is 2.88. The fraction of sp³-hybridized carbons (Fsp3) is 0.231. The number of hydrogen-bond acceptors (Lipinski definition) is 3. The number of carbonyl (C=O) groups excluding carboxylic acids is 2. The summed E-state index contributed by atoms with van der Waals surface area (Å²) in [6.45, 7) is 1.66. The zero-order chi connectivity index (χ0) is 14.0. The molecule has 2 N–H and O–H groups in total. The van der Waals surface area contributed by atoms with Crippen LogP contribution in [0, 0.1) is 0 Å². The van der Waals surface area contributed by atoms with Gasteiger partial charge in [-0.05, 0) is 24.6 Å². The van der Waals surface area contributed by atoms with Crippen molar-refractivity contribution < 1.29 is 14.3 Å². The lowest BCUT2D eigenvalue weighted by atomic mass is 9.96. The molecule has 0 radical (unpaired) electrons. The third-order valence-corrected chi connectivity index (χ3v) is 3.13. The molecule has 0 saturated carbocycles. The zero-order valence-corrected chi connectivity index (χ0v) is 11.2. The SMILES string of the molecule is COC(=O)C1=C(C)NC(=O)N[C@@H]1c1ccc(Cl)cc1. The van der Waals surface area contributed by atoms with E-state index in [-0.39, 0.29) is 6.03 Å². The molecule has 2 amide bonds. The molecule has 19 heavy (non-hydrogen) atoms. The minimum atomic E-state index is -0.543. The van der Waals surface area contributed by atoms with Gasteiger partial charge in [0, 0.05) is 10.7 Å². The van der Waals surface area contributed by atoms with Gasteiger partial charge in [0.25, 0.3) is 0 Å². The van der Waals surface area contributed by atoms with Crippen molar-refractivity contribution in [3.8, 4) is 0 Å². The van der Waals surface area contributed by atoms with Crippen molar-refractivity contribution in [2.24, 2.45) is 0 Å². The van der Waals surface area contributed by atoms with Crippen LogP contribution in [0.3, 0.4) is 0 Å². The fourth-order valence-electron chi connectivity index (χ4n) is 1.98. The molecular weight excluding hydrogens is 268 g/mol. The minimum Gasteiger partial charge on any atom is -0.466 e. The lowest BCUT2D eigenvalue weighted by Gasteiger charge is -2.27. The van der Waals surface area contributed by atoms with E-state index in [1.807, 2.05) is 0 Å². The smallest absolute Gasteiger partial charge is 0.337 e. The van der Waals surface area contributed by atoms with Gasteiger partial charge in [0.15, 0.2) is 0 Å². The molecule has 1 aliphatic rings. The highest BCUT2D eigenvalue weighted by atomic mass is 35.5. The molecule has 0 aliphatic carbocycles. The first kappa shape index (κ1) is 13.4. The molecule has 0 bridgehead atoms. The number of methoxy groups -OCH3 is 1. The molecule has 0 spiro atoms. The number of hydrogen-bond donors (Lipinski definition) is 2. The molecular formula is C13H13ClN2O3. The van der Waals surface area contributed by atoms with E-state index in [2.05, 4.69) is 10.6 Å². The Balaban J connectivity index is 2.46. The maximum atomic E-state index is 11.8. The number of ether oxygens (including phenoxy) is 1. The first-order valence-corrected chi connectivity index (χ1v) is 6.02. The number of nitrogens with one attached hydrogen (secondary N) is 2. The number of esters is 1. The summed E-state index contributed by atoms with van der Waals surface area (Å²) in [4.78, 5) is 23.4. The Morgan fingerprint density at radius 2 is 1.95 bits per heavy atom. The Hall–Kier alpha value is -2.01. The van der Waals surface area contributed by atoms with Crippen LogP contribution in [0.4, 0.5) is 4.79 Å². The predicted molar refractivity (Wildman–Crippen MR) is 70.6 cm³/mol. The molecule has 5 nitrogen and oxygen atoms in total. The highest BCUT2D eigenvalue weighted by Gasteiger charge is 2.31. The van der Waals surface area contributed by atoms with E-state index in [9.17, 15) is 9.59 Å². The molecule has 1 aromatic carbocycles. The molecule has 0 fully saturated rings. The molecule has 1 atom stereocenters. The molecule has 1 aromatic rings. The molecule has 0 aromatic heterocycles. The van der Waals surface area contributed by atoms with Gasteiger partial charge in [0.05, 0.1) is 18.7 Å². The number of benzene rings is 1. The highest BCUT2D eigenvalue weighted by molar-refractivity contribution is 6.30. The summed E-state index contributed by atoms with van der Waals surface area (Å²) in [5.41, 5.74) is 1.62. The van der Waals surface area contributed by atoms with Gasteiger partial charge in [0.2, 0.25) is 0 Å². The van der Waals surface area contributed by atoms with Crippen LogP contribution in [0.25, 0.3) is 0 Å². The second-order valence-corrected chi connectivity index (χ2v) is 4.55. The quantitative estimate of drug-likeness (QED) is 0.816. The summed E-state index contributed by atoms with van der Waals surface area (Å²) in [7, 11) is 1.30. The van der Waals surface area contributed by atoms with E-state index in [0.29, 0.717) is 16.3 Å². The Morgan fingerprint density at radius 1 is 1.32 bits per heavy atom. The second-order valence-electron chi connectivity index (χ2n) is 4.11. The van der Waals surface area contributed by atoms with E-state index in [1.54, 1.807) is 31.2 Å². The molecule has 0 saturated heterocycles. The maximum absolute atomic E-state index is 11.8. The predicted octanol–water partition coefficient (Wildman–Crippen LogP) is 2.14. The average Bonchev–Trinajstić information content (AvgIpc) is 2.38. The largest absolute Gasteiger partial charge is 0.466 e. The van der Waals surface area contributed by atoms with E-state index < -0.39 is 12.0 Å². The van der Waals surface area contributed by atoms with E-state index in [4.69, 9.17) is 16.3 Å². The van der Waals surface area contributed by atoms with Crippen LogP contribution >= 0.6 is 11.6 Å². The highest BCUT2D eigenvalue weighted by Crippen LogP contribution is 2.28. The Morgan fingerprint density at radius 3 is 2.53 bits per heavy atom. The van der Waals surface area contributed by atoms with Gasteiger partial charge in [0.1, 0.15) is 0 Å². The monoisotopic (exact) mass is 280 g/mol. The summed E-state index contributed by atoms with van der Waals surface area (Å²) in [5.74, 6) is -0.482. The van der Waals surface area contributed by atoms with E-state index in [1.165, 1.54) is 7.11 Å². The molecule has 1 aliphatic heterocycles. The molecule has 1 heterocycles. The lowest BCUT2D eigenvalue weighted by molar-refractivity contribution is -0.136. The number of amides is 2. The van der Waals surface area contributed by atoms with Crippen molar-refractivity contribution >= 4 is 23.6 Å². The van der Waals surface area contributed by atoms with Crippen molar-refractivity contribution in [3.05, 3.63) is 46.1 Å². The van der Waals surface area contributed by atoms with E-state index >= 15 is 0 Å². The van der Waals surface area contributed by atoms with Crippen LogP contribution in [-0.2, 0) is 9.53 Å². The summed E-state index contributed by atoms with van der Waals surface area (Å²) in [6.07, 6.45) is 0. The molecule has 6 heteroatoms. The Labute approximate surface area is 115 Å². The summed E-state index contributed by atoms with van der Waals surface area (Å²) < 4.78 is 4.76. The number of carbonyl (C=O) groups is 2. The average molecular weight is 281 g/mol.